The highest BCUT2D eigenvalue weighted by atomic mass is 16.5. The first kappa shape index (κ1) is 18.5. The fraction of sp³-hybridized carbons (Fsp3) is 0.300. The number of ether oxygens (including phenoxy) is 1. The lowest BCUT2D eigenvalue weighted by Crippen LogP contribution is -2.37. The number of amides is 1. The van der Waals surface area contributed by atoms with E-state index in [1.807, 2.05) is 54.6 Å². The van der Waals surface area contributed by atoms with E-state index in [0.717, 1.165) is 11.1 Å². The molecule has 0 fully saturated rings. The van der Waals surface area contributed by atoms with Gasteiger partial charge in [0.25, 0.3) is 0 Å². The second-order valence-corrected chi connectivity index (χ2v) is 6.02. The SMILES string of the molecule is COc1cccc(C(C)C(=O)NC(c2ccccc2)C(C)C(=O)O)c1. The molecule has 0 saturated heterocycles. The van der Waals surface area contributed by atoms with Gasteiger partial charge in [0.05, 0.1) is 25.0 Å². The lowest BCUT2D eigenvalue weighted by molar-refractivity contribution is -0.142. The van der Waals surface area contributed by atoms with Gasteiger partial charge in [0.2, 0.25) is 5.91 Å². The van der Waals surface area contributed by atoms with Gasteiger partial charge in [-0.15, -0.1) is 0 Å². The van der Waals surface area contributed by atoms with Crippen molar-refractivity contribution < 1.29 is 19.4 Å². The quantitative estimate of drug-likeness (QED) is 0.809. The molecule has 0 aliphatic rings. The maximum Gasteiger partial charge on any atom is 0.308 e. The summed E-state index contributed by atoms with van der Waals surface area (Å²) >= 11 is 0. The predicted molar refractivity (Wildman–Crippen MR) is 95.5 cm³/mol. The van der Waals surface area contributed by atoms with Crippen molar-refractivity contribution in [2.75, 3.05) is 7.11 Å². The van der Waals surface area contributed by atoms with Crippen molar-refractivity contribution in [2.45, 2.75) is 25.8 Å². The molecule has 0 heterocycles. The normalized spacial score (nSPS) is 14.2. The number of carbonyl (C=O) groups excluding carboxylic acids is 1. The largest absolute Gasteiger partial charge is 0.497 e. The van der Waals surface area contributed by atoms with E-state index in [1.54, 1.807) is 21.0 Å². The van der Waals surface area contributed by atoms with Crippen molar-refractivity contribution >= 4 is 11.9 Å². The van der Waals surface area contributed by atoms with Gasteiger partial charge >= 0.3 is 5.97 Å². The van der Waals surface area contributed by atoms with Gasteiger partial charge in [-0.05, 0) is 37.1 Å². The summed E-state index contributed by atoms with van der Waals surface area (Å²) in [6.07, 6.45) is 0. The molecule has 3 atom stereocenters. The van der Waals surface area contributed by atoms with Crippen LogP contribution in [0.4, 0.5) is 0 Å². The fourth-order valence-electron chi connectivity index (χ4n) is 2.64. The van der Waals surface area contributed by atoms with E-state index in [4.69, 9.17) is 4.74 Å². The molecule has 2 rings (SSSR count). The number of nitrogens with one attached hydrogen (secondary N) is 1. The topological polar surface area (TPSA) is 75.6 Å². The number of hydrogen-bond donors (Lipinski definition) is 2. The molecule has 2 N–H and O–H groups in total. The minimum atomic E-state index is -0.955. The molecular weight excluding hydrogens is 318 g/mol. The number of carboxylic acids is 1. The first-order valence-corrected chi connectivity index (χ1v) is 8.16. The predicted octanol–water partition coefficient (Wildman–Crippen LogP) is 3.38. The van der Waals surface area contributed by atoms with Crippen molar-refractivity contribution in [3.8, 4) is 5.75 Å². The molecule has 2 aromatic carbocycles. The molecule has 1 amide bonds. The Morgan fingerprint density at radius 3 is 2.24 bits per heavy atom. The lowest BCUT2D eigenvalue weighted by atomic mass is 9.93. The summed E-state index contributed by atoms with van der Waals surface area (Å²) in [7, 11) is 1.57. The summed E-state index contributed by atoms with van der Waals surface area (Å²) in [5.41, 5.74) is 1.58. The van der Waals surface area contributed by atoms with Crippen molar-refractivity contribution in [2.24, 2.45) is 5.92 Å². The summed E-state index contributed by atoms with van der Waals surface area (Å²) in [4.78, 5) is 24.2. The Labute approximate surface area is 147 Å². The van der Waals surface area contributed by atoms with E-state index in [1.165, 1.54) is 0 Å². The van der Waals surface area contributed by atoms with Gasteiger partial charge in [-0.3, -0.25) is 9.59 Å². The summed E-state index contributed by atoms with van der Waals surface area (Å²) in [6.45, 7) is 3.38. The molecule has 2 aromatic rings. The third-order valence-corrected chi connectivity index (χ3v) is 4.33. The number of benzene rings is 2. The van der Waals surface area contributed by atoms with E-state index >= 15 is 0 Å². The van der Waals surface area contributed by atoms with Crippen LogP contribution >= 0.6 is 0 Å². The van der Waals surface area contributed by atoms with Gasteiger partial charge in [0.1, 0.15) is 5.75 Å². The zero-order valence-corrected chi connectivity index (χ0v) is 14.6. The fourth-order valence-corrected chi connectivity index (χ4v) is 2.64. The second-order valence-electron chi connectivity index (χ2n) is 6.02. The third-order valence-electron chi connectivity index (χ3n) is 4.33. The van der Waals surface area contributed by atoms with Crippen LogP contribution in [0, 0.1) is 5.92 Å². The van der Waals surface area contributed by atoms with Gasteiger partial charge in [-0.1, -0.05) is 42.5 Å². The molecule has 0 spiro atoms. The first-order chi connectivity index (χ1) is 11.9. The lowest BCUT2D eigenvalue weighted by Gasteiger charge is -2.25. The van der Waals surface area contributed by atoms with E-state index in [0.29, 0.717) is 5.75 Å². The number of hydrogen-bond acceptors (Lipinski definition) is 3. The van der Waals surface area contributed by atoms with Crippen molar-refractivity contribution in [1.82, 2.24) is 5.32 Å². The van der Waals surface area contributed by atoms with Crippen LogP contribution in [0.15, 0.2) is 54.6 Å². The van der Waals surface area contributed by atoms with E-state index in [-0.39, 0.29) is 5.91 Å². The van der Waals surface area contributed by atoms with E-state index in [9.17, 15) is 14.7 Å². The van der Waals surface area contributed by atoms with E-state index < -0.39 is 23.8 Å². The maximum atomic E-state index is 12.7. The Bertz CT molecular complexity index is 729. The molecule has 5 heteroatoms. The van der Waals surface area contributed by atoms with Crippen LogP contribution in [-0.2, 0) is 9.59 Å². The summed E-state index contributed by atoms with van der Waals surface area (Å²) in [5.74, 6) is -1.68. The van der Waals surface area contributed by atoms with Gasteiger partial charge in [0, 0.05) is 0 Å². The Kier molecular flexibility index (Phi) is 6.17. The molecule has 0 aromatic heterocycles. The Hall–Kier alpha value is -2.82. The molecule has 0 radical (unpaired) electrons. The number of carboxylic acid groups (broad SMARTS) is 1. The Morgan fingerprint density at radius 1 is 1.00 bits per heavy atom. The summed E-state index contributed by atoms with van der Waals surface area (Å²) in [6, 6.07) is 15.9. The van der Waals surface area contributed by atoms with Crippen LogP contribution < -0.4 is 10.1 Å². The number of methoxy groups -OCH3 is 1. The second kappa shape index (κ2) is 8.33. The minimum absolute atomic E-state index is 0.227. The van der Waals surface area contributed by atoms with Crippen LogP contribution in [-0.4, -0.2) is 24.1 Å². The van der Waals surface area contributed by atoms with Crippen LogP contribution in [0.5, 0.6) is 5.75 Å². The van der Waals surface area contributed by atoms with Gasteiger partial charge in [0.15, 0.2) is 0 Å². The van der Waals surface area contributed by atoms with Crippen LogP contribution in [0.25, 0.3) is 0 Å². The molecule has 132 valence electrons. The standard InChI is InChI=1S/C20H23NO4/c1-13(16-10-7-11-17(12-16)25-3)19(22)21-18(14(2)20(23)24)15-8-5-4-6-9-15/h4-14,18H,1-3H3,(H,21,22)(H,23,24). The van der Waals surface area contributed by atoms with Gasteiger partial charge in [-0.25, -0.2) is 0 Å². The smallest absolute Gasteiger partial charge is 0.308 e. The molecule has 0 aliphatic carbocycles. The van der Waals surface area contributed by atoms with Crippen molar-refractivity contribution in [3.05, 3.63) is 65.7 Å². The molecule has 3 unspecified atom stereocenters. The molecule has 0 aliphatic heterocycles. The van der Waals surface area contributed by atoms with E-state index in [2.05, 4.69) is 5.32 Å². The van der Waals surface area contributed by atoms with Crippen LogP contribution in [0.1, 0.15) is 36.9 Å². The molecular formula is C20H23NO4. The maximum absolute atomic E-state index is 12.7. The Balaban J connectivity index is 2.22. The zero-order chi connectivity index (χ0) is 18.4. The minimum Gasteiger partial charge on any atom is -0.497 e. The molecule has 25 heavy (non-hydrogen) atoms. The number of carbonyl (C=O) groups is 2. The average Bonchev–Trinajstić information content (AvgIpc) is 2.65. The van der Waals surface area contributed by atoms with Crippen molar-refractivity contribution in [3.63, 3.8) is 0 Å². The third kappa shape index (κ3) is 4.59. The number of aliphatic carboxylic acids is 1. The first-order valence-electron chi connectivity index (χ1n) is 8.16. The van der Waals surface area contributed by atoms with Crippen LogP contribution in [0.3, 0.4) is 0 Å². The molecule has 0 bridgehead atoms. The number of rotatable bonds is 7. The highest BCUT2D eigenvalue weighted by molar-refractivity contribution is 5.84. The van der Waals surface area contributed by atoms with Crippen molar-refractivity contribution in [1.29, 1.82) is 0 Å². The Morgan fingerprint density at radius 2 is 1.64 bits per heavy atom. The van der Waals surface area contributed by atoms with Crippen LogP contribution in [0.2, 0.25) is 0 Å². The average molecular weight is 341 g/mol. The zero-order valence-electron chi connectivity index (χ0n) is 14.6. The highest BCUT2D eigenvalue weighted by Gasteiger charge is 2.28. The highest BCUT2D eigenvalue weighted by Crippen LogP contribution is 2.25. The van der Waals surface area contributed by atoms with Gasteiger partial charge < -0.3 is 15.2 Å². The molecule has 5 nitrogen and oxygen atoms in total. The summed E-state index contributed by atoms with van der Waals surface area (Å²) < 4.78 is 5.20. The monoisotopic (exact) mass is 341 g/mol. The van der Waals surface area contributed by atoms with Gasteiger partial charge in [-0.2, -0.15) is 0 Å². The summed E-state index contributed by atoms with van der Waals surface area (Å²) in [5, 5.41) is 12.3. The molecule has 0 saturated carbocycles.